The number of aromatic hydroxyl groups is 1. The van der Waals surface area contributed by atoms with Gasteiger partial charge >= 0.3 is 6.03 Å². The van der Waals surface area contributed by atoms with Gasteiger partial charge < -0.3 is 15.3 Å². The van der Waals surface area contributed by atoms with E-state index in [0.29, 0.717) is 24.8 Å². The van der Waals surface area contributed by atoms with Gasteiger partial charge in [0.15, 0.2) is 0 Å². The number of hydrogen-bond acceptors (Lipinski definition) is 4. The maximum Gasteiger partial charge on any atom is 0.325 e. The van der Waals surface area contributed by atoms with Gasteiger partial charge in [0.25, 0.3) is 0 Å². The average Bonchev–Trinajstić information content (AvgIpc) is 2.85. The van der Waals surface area contributed by atoms with Crippen molar-refractivity contribution < 1.29 is 9.90 Å². The molecule has 0 saturated carbocycles. The molecule has 0 aliphatic carbocycles. The van der Waals surface area contributed by atoms with E-state index in [9.17, 15) is 9.90 Å². The molecule has 2 saturated heterocycles. The molecule has 2 amide bonds. The number of hydrogen-bond donors (Lipinski definition) is 2. The van der Waals surface area contributed by atoms with Crippen LogP contribution in [0, 0.1) is 6.92 Å². The number of nitrogens with zero attached hydrogens (tertiary/aromatic N) is 3. The number of aromatic nitrogens is 1. The number of likely N-dealkylation sites (tertiary alicyclic amines) is 1. The van der Waals surface area contributed by atoms with E-state index in [1.807, 2.05) is 34.2 Å². The van der Waals surface area contributed by atoms with Crippen molar-refractivity contribution in [2.45, 2.75) is 44.6 Å². The van der Waals surface area contributed by atoms with E-state index in [1.54, 1.807) is 6.07 Å². The molecule has 172 valence electrons. The minimum absolute atomic E-state index is 0.0568. The van der Waals surface area contributed by atoms with Crippen molar-refractivity contribution in [1.82, 2.24) is 15.2 Å². The fourth-order valence-electron chi connectivity index (χ4n) is 5.38. The minimum atomic E-state index is 0.0568. The number of carbonyl (C=O) groups excluding carboxylic acids is 1. The number of aryl methyl sites for hydroxylation is 1. The summed E-state index contributed by atoms with van der Waals surface area (Å²) in [6, 6.07) is 15.9. The smallest absolute Gasteiger partial charge is 0.325 e. The fraction of sp³-hybridized carbons (Fsp3) is 0.407. The number of piperidine rings is 2. The molecule has 2 N–H and O–H groups in total. The summed E-state index contributed by atoms with van der Waals surface area (Å²) in [6.45, 7) is 5.29. The highest BCUT2D eigenvalue weighted by Crippen LogP contribution is 2.34. The summed E-state index contributed by atoms with van der Waals surface area (Å²) in [5.74, 6) is 1.45. The number of rotatable bonds is 3. The highest BCUT2D eigenvalue weighted by molar-refractivity contribution is 6.03. The topological polar surface area (TPSA) is 68.7 Å². The maximum absolute atomic E-state index is 14.0. The lowest BCUT2D eigenvalue weighted by Crippen LogP contribution is -2.55. The number of urea groups is 1. The van der Waals surface area contributed by atoms with E-state index >= 15 is 0 Å². The first-order chi connectivity index (χ1) is 16.1. The van der Waals surface area contributed by atoms with Crippen molar-refractivity contribution >= 4 is 22.6 Å². The van der Waals surface area contributed by atoms with Gasteiger partial charge in [0, 0.05) is 31.2 Å². The molecule has 0 bridgehead atoms. The van der Waals surface area contributed by atoms with Crippen LogP contribution < -0.4 is 10.2 Å². The fourth-order valence-corrected chi connectivity index (χ4v) is 5.38. The van der Waals surface area contributed by atoms with Crippen molar-refractivity contribution in [2.24, 2.45) is 0 Å². The van der Waals surface area contributed by atoms with E-state index in [-0.39, 0.29) is 12.1 Å². The third kappa shape index (κ3) is 4.40. The van der Waals surface area contributed by atoms with E-state index < -0.39 is 0 Å². The second kappa shape index (κ2) is 9.40. The van der Waals surface area contributed by atoms with Crippen molar-refractivity contribution in [3.8, 4) is 5.75 Å². The van der Waals surface area contributed by atoms with Crippen molar-refractivity contribution in [3.63, 3.8) is 0 Å². The summed E-state index contributed by atoms with van der Waals surface area (Å²) in [7, 11) is 0. The lowest BCUT2D eigenvalue weighted by molar-refractivity contribution is 0.183. The molecule has 6 nitrogen and oxygen atoms in total. The van der Waals surface area contributed by atoms with Gasteiger partial charge in [-0.15, -0.1) is 0 Å². The molecule has 33 heavy (non-hydrogen) atoms. The average molecular weight is 445 g/mol. The van der Waals surface area contributed by atoms with Gasteiger partial charge in [-0.1, -0.05) is 30.3 Å². The Morgan fingerprint density at radius 2 is 1.94 bits per heavy atom. The van der Waals surface area contributed by atoms with Crippen LogP contribution in [0.5, 0.6) is 5.75 Å². The summed E-state index contributed by atoms with van der Waals surface area (Å²) < 4.78 is 0. The molecule has 5 rings (SSSR count). The first-order valence-electron chi connectivity index (χ1n) is 12.0. The normalized spacial score (nSPS) is 19.5. The van der Waals surface area contributed by atoms with Gasteiger partial charge in [0.05, 0.1) is 6.04 Å². The van der Waals surface area contributed by atoms with Gasteiger partial charge in [-0.3, -0.25) is 4.90 Å². The molecule has 1 aromatic heterocycles. The van der Waals surface area contributed by atoms with Crippen LogP contribution in [0.1, 0.15) is 42.7 Å². The minimum Gasteiger partial charge on any atom is -0.508 e. The second-order valence-electron chi connectivity index (χ2n) is 9.32. The number of phenols is 1. The molecule has 3 aromatic rings. The van der Waals surface area contributed by atoms with E-state index in [0.717, 1.165) is 66.5 Å². The summed E-state index contributed by atoms with van der Waals surface area (Å²) >= 11 is 0. The molecule has 0 unspecified atom stereocenters. The molecule has 3 heterocycles. The maximum atomic E-state index is 14.0. The van der Waals surface area contributed by atoms with Crippen LogP contribution >= 0.6 is 0 Å². The van der Waals surface area contributed by atoms with Crippen LogP contribution in [0.3, 0.4) is 0 Å². The first-order valence-corrected chi connectivity index (χ1v) is 12.0. The van der Waals surface area contributed by atoms with Gasteiger partial charge in [0.2, 0.25) is 0 Å². The highest BCUT2D eigenvalue weighted by atomic mass is 16.3. The highest BCUT2D eigenvalue weighted by Gasteiger charge is 2.34. The monoisotopic (exact) mass is 444 g/mol. The SMILES string of the molecule is Cc1cccc2ccnc(N(C(=O)N3CCC(c4cccc(O)c4)CC3)[C@@H]3CCCNC3)c12. The van der Waals surface area contributed by atoms with Crippen molar-refractivity contribution in [2.75, 3.05) is 31.1 Å². The number of amides is 2. The van der Waals surface area contributed by atoms with Crippen LogP contribution in [0.4, 0.5) is 10.6 Å². The van der Waals surface area contributed by atoms with Crippen LogP contribution in [0.25, 0.3) is 10.8 Å². The van der Waals surface area contributed by atoms with E-state index in [2.05, 4.69) is 36.5 Å². The summed E-state index contributed by atoms with van der Waals surface area (Å²) in [4.78, 5) is 22.7. The molecule has 1 atom stereocenters. The Balaban J connectivity index is 1.43. The number of fused-ring (bicyclic) bond motifs is 1. The van der Waals surface area contributed by atoms with E-state index in [1.165, 1.54) is 0 Å². The predicted octanol–water partition coefficient (Wildman–Crippen LogP) is 4.81. The zero-order chi connectivity index (χ0) is 22.8. The number of benzene rings is 2. The van der Waals surface area contributed by atoms with Gasteiger partial charge in [-0.25, -0.2) is 9.78 Å². The Bertz CT molecular complexity index is 1130. The number of phenolic OH excluding ortho intramolecular Hbond substituents is 1. The molecule has 6 heteroatoms. The van der Waals surface area contributed by atoms with Crippen molar-refractivity contribution in [1.29, 1.82) is 0 Å². The summed E-state index contributed by atoms with van der Waals surface area (Å²) in [5, 5.41) is 15.5. The van der Waals surface area contributed by atoms with Gasteiger partial charge in [0.1, 0.15) is 11.6 Å². The third-order valence-corrected chi connectivity index (χ3v) is 7.16. The standard InChI is InChI=1S/C27H32N4O2/c1-19-5-2-6-21-10-14-29-26(25(19)21)31(23-8-4-13-28-18-23)27(33)30-15-11-20(12-16-30)22-7-3-9-24(32)17-22/h2-3,5-7,9-10,14,17,20,23,28,32H,4,8,11-13,15-16,18H2,1H3/t23-/m1/s1. The second-order valence-corrected chi connectivity index (χ2v) is 9.32. The van der Waals surface area contributed by atoms with Crippen LogP contribution in [0.2, 0.25) is 0 Å². The Morgan fingerprint density at radius 3 is 2.70 bits per heavy atom. The number of carbonyl (C=O) groups is 1. The number of nitrogens with one attached hydrogen (secondary N) is 1. The van der Waals surface area contributed by atoms with Crippen LogP contribution in [0.15, 0.2) is 54.7 Å². The third-order valence-electron chi connectivity index (χ3n) is 7.16. The lowest BCUT2D eigenvalue weighted by atomic mass is 9.89. The molecule has 0 radical (unpaired) electrons. The molecule has 2 fully saturated rings. The Labute approximate surface area is 195 Å². The van der Waals surface area contributed by atoms with Gasteiger partial charge in [-0.2, -0.15) is 0 Å². The molecule has 0 spiro atoms. The number of pyridine rings is 1. The molecule has 2 aliphatic heterocycles. The lowest BCUT2D eigenvalue weighted by Gasteiger charge is -2.40. The van der Waals surface area contributed by atoms with Gasteiger partial charge in [-0.05, 0) is 79.8 Å². The van der Waals surface area contributed by atoms with E-state index in [4.69, 9.17) is 4.98 Å². The Kier molecular flexibility index (Phi) is 6.18. The zero-order valence-electron chi connectivity index (χ0n) is 19.2. The largest absolute Gasteiger partial charge is 0.508 e. The molecule has 2 aliphatic rings. The Hall–Kier alpha value is -3.12. The molecular formula is C27H32N4O2. The predicted molar refractivity (Wildman–Crippen MR) is 132 cm³/mol. The number of anilines is 1. The first kappa shape index (κ1) is 21.7. The summed E-state index contributed by atoms with van der Waals surface area (Å²) in [5.41, 5.74) is 2.29. The zero-order valence-corrected chi connectivity index (χ0v) is 19.2. The molecular weight excluding hydrogens is 412 g/mol. The molecule has 2 aromatic carbocycles. The quantitative estimate of drug-likeness (QED) is 0.609. The van der Waals surface area contributed by atoms with Crippen LogP contribution in [-0.4, -0.2) is 53.2 Å². The Morgan fingerprint density at radius 1 is 1.12 bits per heavy atom. The van der Waals surface area contributed by atoms with Crippen LogP contribution in [-0.2, 0) is 0 Å². The summed E-state index contributed by atoms with van der Waals surface area (Å²) in [6.07, 6.45) is 5.64. The van der Waals surface area contributed by atoms with Crippen molar-refractivity contribution in [3.05, 3.63) is 65.9 Å².